The Bertz CT molecular complexity index is 499. The molecular formula is C14H15ClN2O2. The molecule has 4 nitrogen and oxygen atoms in total. The Hall–Kier alpha value is -1.73. The quantitative estimate of drug-likeness (QED) is 0.904. The topological polar surface area (TPSA) is 64.3 Å². The van der Waals surface area contributed by atoms with Crippen LogP contribution in [0.2, 0.25) is 5.02 Å². The molecule has 0 aliphatic carbocycles. The van der Waals surface area contributed by atoms with Crippen LogP contribution in [0.5, 0.6) is 0 Å². The first-order valence-corrected chi connectivity index (χ1v) is 6.56. The molecule has 2 rings (SSSR count). The Labute approximate surface area is 117 Å². The van der Waals surface area contributed by atoms with Crippen molar-refractivity contribution in [2.75, 3.05) is 13.1 Å². The minimum absolute atomic E-state index is 0.427. The third-order valence-electron chi connectivity index (χ3n) is 3.68. The molecule has 1 saturated heterocycles. The minimum Gasteiger partial charge on any atom is -0.465 e. The van der Waals surface area contributed by atoms with Gasteiger partial charge in [0.15, 0.2) is 0 Å². The number of carbonyl (C=O) groups is 1. The SMILES string of the molecule is N#CC1(Cc2ccc(Cl)cc2)CCN(C(=O)O)CC1. The second-order valence-corrected chi connectivity index (χ2v) is 5.40. The third-order valence-corrected chi connectivity index (χ3v) is 3.94. The molecule has 1 aromatic rings. The summed E-state index contributed by atoms with van der Waals surface area (Å²) in [5.74, 6) is 0. The summed E-state index contributed by atoms with van der Waals surface area (Å²) >= 11 is 5.84. The largest absolute Gasteiger partial charge is 0.465 e. The van der Waals surface area contributed by atoms with Crippen molar-refractivity contribution in [1.29, 1.82) is 5.26 Å². The molecule has 100 valence electrons. The monoisotopic (exact) mass is 278 g/mol. The molecule has 1 aliphatic rings. The van der Waals surface area contributed by atoms with Gasteiger partial charge < -0.3 is 10.0 Å². The van der Waals surface area contributed by atoms with Crippen LogP contribution in [0.4, 0.5) is 4.79 Å². The zero-order valence-corrected chi connectivity index (χ0v) is 11.2. The standard InChI is InChI=1S/C14H15ClN2O2/c15-12-3-1-11(2-4-12)9-14(10-16)5-7-17(8-6-14)13(18)19/h1-4H,5-9H2,(H,18,19). The predicted molar refractivity (Wildman–Crippen MR) is 72.0 cm³/mol. The van der Waals surface area contributed by atoms with Crippen molar-refractivity contribution in [2.45, 2.75) is 19.3 Å². The molecule has 19 heavy (non-hydrogen) atoms. The summed E-state index contributed by atoms with van der Waals surface area (Å²) in [4.78, 5) is 12.3. The van der Waals surface area contributed by atoms with Crippen LogP contribution >= 0.6 is 11.6 Å². The van der Waals surface area contributed by atoms with Gasteiger partial charge in [0.25, 0.3) is 0 Å². The van der Waals surface area contributed by atoms with Crippen LogP contribution in [0.25, 0.3) is 0 Å². The highest BCUT2D eigenvalue weighted by atomic mass is 35.5. The van der Waals surface area contributed by atoms with Gasteiger partial charge in [0.2, 0.25) is 0 Å². The highest BCUT2D eigenvalue weighted by Gasteiger charge is 2.36. The van der Waals surface area contributed by atoms with Gasteiger partial charge in [-0.15, -0.1) is 0 Å². The summed E-state index contributed by atoms with van der Waals surface area (Å²) in [7, 11) is 0. The fourth-order valence-corrected chi connectivity index (χ4v) is 2.57. The van der Waals surface area contributed by atoms with Gasteiger partial charge in [-0.05, 0) is 37.0 Å². The molecule has 0 bridgehead atoms. The molecular weight excluding hydrogens is 264 g/mol. The zero-order valence-electron chi connectivity index (χ0n) is 10.5. The van der Waals surface area contributed by atoms with Gasteiger partial charge in [-0.1, -0.05) is 23.7 Å². The Morgan fingerprint density at radius 1 is 1.37 bits per heavy atom. The Morgan fingerprint density at radius 2 is 1.95 bits per heavy atom. The van der Waals surface area contributed by atoms with E-state index in [-0.39, 0.29) is 0 Å². The summed E-state index contributed by atoms with van der Waals surface area (Å²) < 4.78 is 0. The van der Waals surface area contributed by atoms with E-state index in [1.54, 1.807) is 0 Å². The fraction of sp³-hybridized carbons (Fsp3) is 0.429. The molecule has 0 radical (unpaired) electrons. The lowest BCUT2D eigenvalue weighted by atomic mass is 9.75. The van der Waals surface area contributed by atoms with Crippen molar-refractivity contribution in [3.63, 3.8) is 0 Å². The molecule has 1 aromatic carbocycles. The van der Waals surface area contributed by atoms with E-state index in [0.717, 1.165) is 5.56 Å². The average Bonchev–Trinajstić information content (AvgIpc) is 2.42. The first-order valence-electron chi connectivity index (χ1n) is 6.18. The van der Waals surface area contributed by atoms with Crippen LogP contribution in [-0.4, -0.2) is 29.2 Å². The number of halogens is 1. The van der Waals surface area contributed by atoms with E-state index in [2.05, 4.69) is 6.07 Å². The minimum atomic E-state index is -0.905. The van der Waals surface area contributed by atoms with Gasteiger partial charge in [-0.25, -0.2) is 4.79 Å². The summed E-state index contributed by atoms with van der Waals surface area (Å²) in [6.07, 6.45) is 0.906. The lowest BCUT2D eigenvalue weighted by molar-refractivity contribution is 0.110. The Morgan fingerprint density at radius 3 is 2.42 bits per heavy atom. The molecule has 0 saturated carbocycles. The maximum atomic E-state index is 10.9. The smallest absolute Gasteiger partial charge is 0.407 e. The number of hydrogen-bond donors (Lipinski definition) is 1. The number of piperidine rings is 1. The number of amides is 1. The molecule has 5 heteroatoms. The predicted octanol–water partition coefficient (Wildman–Crippen LogP) is 3.17. The van der Waals surface area contributed by atoms with Gasteiger partial charge in [0, 0.05) is 18.1 Å². The zero-order chi connectivity index (χ0) is 13.9. The Kier molecular flexibility index (Phi) is 3.96. The molecule has 0 spiro atoms. The fourth-order valence-electron chi connectivity index (χ4n) is 2.45. The summed E-state index contributed by atoms with van der Waals surface area (Å²) in [5, 5.41) is 19.0. The normalized spacial score (nSPS) is 17.8. The molecule has 1 N–H and O–H groups in total. The van der Waals surface area contributed by atoms with Crippen LogP contribution in [0.15, 0.2) is 24.3 Å². The molecule has 1 heterocycles. The Balaban J connectivity index is 2.07. The number of likely N-dealkylation sites (tertiary alicyclic amines) is 1. The molecule has 0 aromatic heterocycles. The maximum absolute atomic E-state index is 10.9. The first-order chi connectivity index (χ1) is 9.04. The van der Waals surface area contributed by atoms with Gasteiger partial charge in [0.1, 0.15) is 0 Å². The second kappa shape index (κ2) is 5.50. The highest BCUT2D eigenvalue weighted by Crippen LogP contribution is 2.34. The van der Waals surface area contributed by atoms with Crippen molar-refractivity contribution in [3.8, 4) is 6.07 Å². The highest BCUT2D eigenvalue weighted by molar-refractivity contribution is 6.30. The number of hydrogen-bond acceptors (Lipinski definition) is 2. The molecule has 0 unspecified atom stereocenters. The van der Waals surface area contributed by atoms with Gasteiger partial charge in [-0.3, -0.25) is 0 Å². The van der Waals surface area contributed by atoms with Crippen molar-refractivity contribution in [1.82, 2.24) is 4.90 Å². The summed E-state index contributed by atoms with van der Waals surface area (Å²) in [6.45, 7) is 0.854. The molecule has 0 atom stereocenters. The molecule has 1 aliphatic heterocycles. The number of carboxylic acid groups (broad SMARTS) is 1. The van der Waals surface area contributed by atoms with E-state index in [4.69, 9.17) is 16.7 Å². The van der Waals surface area contributed by atoms with Crippen LogP contribution in [0.1, 0.15) is 18.4 Å². The first kappa shape index (κ1) is 13.7. The van der Waals surface area contributed by atoms with E-state index < -0.39 is 11.5 Å². The number of rotatable bonds is 2. The van der Waals surface area contributed by atoms with Crippen LogP contribution in [0, 0.1) is 16.7 Å². The molecule has 1 fully saturated rings. The van der Waals surface area contributed by atoms with Crippen LogP contribution < -0.4 is 0 Å². The number of benzene rings is 1. The van der Waals surface area contributed by atoms with E-state index in [1.165, 1.54) is 4.90 Å². The van der Waals surface area contributed by atoms with E-state index >= 15 is 0 Å². The average molecular weight is 279 g/mol. The van der Waals surface area contributed by atoms with Crippen LogP contribution in [-0.2, 0) is 6.42 Å². The van der Waals surface area contributed by atoms with Crippen molar-refractivity contribution in [2.24, 2.45) is 5.41 Å². The maximum Gasteiger partial charge on any atom is 0.407 e. The van der Waals surface area contributed by atoms with Crippen LogP contribution in [0.3, 0.4) is 0 Å². The number of nitriles is 1. The van der Waals surface area contributed by atoms with Gasteiger partial charge >= 0.3 is 6.09 Å². The van der Waals surface area contributed by atoms with Crippen molar-refractivity contribution < 1.29 is 9.90 Å². The molecule has 1 amide bonds. The van der Waals surface area contributed by atoms with E-state index in [1.807, 2.05) is 24.3 Å². The van der Waals surface area contributed by atoms with E-state index in [9.17, 15) is 10.1 Å². The van der Waals surface area contributed by atoms with Gasteiger partial charge in [-0.2, -0.15) is 5.26 Å². The third kappa shape index (κ3) is 3.18. The van der Waals surface area contributed by atoms with Crippen molar-refractivity contribution >= 4 is 17.7 Å². The second-order valence-electron chi connectivity index (χ2n) is 4.96. The van der Waals surface area contributed by atoms with Crippen molar-refractivity contribution in [3.05, 3.63) is 34.9 Å². The number of nitrogens with zero attached hydrogens (tertiary/aromatic N) is 2. The van der Waals surface area contributed by atoms with Gasteiger partial charge in [0.05, 0.1) is 11.5 Å². The van der Waals surface area contributed by atoms with E-state index in [0.29, 0.717) is 37.4 Å². The lowest BCUT2D eigenvalue weighted by Crippen LogP contribution is -2.42. The summed E-state index contributed by atoms with van der Waals surface area (Å²) in [6, 6.07) is 9.86. The lowest BCUT2D eigenvalue weighted by Gasteiger charge is -2.36. The summed E-state index contributed by atoms with van der Waals surface area (Å²) in [5.41, 5.74) is 0.606.